The lowest BCUT2D eigenvalue weighted by Gasteiger charge is -2.23. The highest BCUT2D eigenvalue weighted by Crippen LogP contribution is 2.30. The van der Waals surface area contributed by atoms with Gasteiger partial charge in [0.1, 0.15) is 23.5 Å². The highest BCUT2D eigenvalue weighted by Gasteiger charge is 2.19. The Morgan fingerprint density at radius 3 is 3.04 bits per heavy atom. The minimum atomic E-state index is -0.295. The monoisotopic (exact) mass is 367 g/mol. The lowest BCUT2D eigenvalue weighted by molar-refractivity contribution is 0.196. The molecule has 0 saturated carbocycles. The maximum Gasteiger partial charge on any atom is 0.166 e. The molecular weight excluding hydrogens is 345 g/mol. The summed E-state index contributed by atoms with van der Waals surface area (Å²) in [6.45, 7) is 8.72. The minimum absolute atomic E-state index is 0.0824. The van der Waals surface area contributed by atoms with E-state index in [1.54, 1.807) is 16.8 Å². The quantitative estimate of drug-likeness (QED) is 0.685. The first-order valence-corrected chi connectivity index (χ1v) is 9.05. The second-order valence-corrected chi connectivity index (χ2v) is 6.69. The summed E-state index contributed by atoms with van der Waals surface area (Å²) in [4.78, 5) is 4.67. The number of benzene rings is 1. The molecule has 4 rings (SSSR count). The van der Waals surface area contributed by atoms with E-state index in [-0.39, 0.29) is 18.0 Å². The summed E-state index contributed by atoms with van der Waals surface area (Å²) >= 11 is 0. The molecule has 0 amide bonds. The SMILES string of the molecule is C=C1NC[C@H](CC)Oc2ccc(F)cc2[C@@H](C)Nc2ccn3ncc1c3n2. The fraction of sp³-hybridized carbons (Fsp3) is 0.300. The Labute approximate surface area is 157 Å². The standard InChI is InChI=1S/C20H22FN5O/c1-4-15-10-22-12(2)17-11-23-26-8-7-19(25-20(17)26)24-13(3)16-9-14(21)5-6-18(16)27-15/h5-9,11,13,15,22H,2,4,10H2,1,3H3,(H,24,25)/t13-,15+/m1/s1. The van der Waals surface area contributed by atoms with Gasteiger partial charge < -0.3 is 15.4 Å². The van der Waals surface area contributed by atoms with E-state index in [0.29, 0.717) is 23.8 Å². The van der Waals surface area contributed by atoms with Crippen molar-refractivity contribution in [3.05, 3.63) is 60.2 Å². The maximum atomic E-state index is 13.9. The van der Waals surface area contributed by atoms with Crippen LogP contribution in [0.4, 0.5) is 10.2 Å². The van der Waals surface area contributed by atoms with Gasteiger partial charge in [0.25, 0.3) is 0 Å². The molecule has 0 spiro atoms. The average molecular weight is 367 g/mol. The molecule has 7 heteroatoms. The molecule has 0 aliphatic carbocycles. The van der Waals surface area contributed by atoms with Crippen molar-refractivity contribution in [3.8, 4) is 5.75 Å². The molecule has 0 fully saturated rings. The molecular formula is C20H22FN5O. The van der Waals surface area contributed by atoms with Crippen LogP contribution in [0.3, 0.4) is 0 Å². The van der Waals surface area contributed by atoms with Gasteiger partial charge in [-0.15, -0.1) is 0 Å². The molecule has 140 valence electrons. The number of ether oxygens (including phenoxy) is 1. The highest BCUT2D eigenvalue weighted by molar-refractivity contribution is 5.73. The Morgan fingerprint density at radius 2 is 2.22 bits per heavy atom. The van der Waals surface area contributed by atoms with Crippen LogP contribution in [0.25, 0.3) is 11.3 Å². The highest BCUT2D eigenvalue weighted by atomic mass is 19.1. The first-order chi connectivity index (χ1) is 13.0. The molecule has 2 aromatic heterocycles. The van der Waals surface area contributed by atoms with Gasteiger partial charge in [-0.1, -0.05) is 13.5 Å². The number of rotatable bonds is 1. The predicted octanol–water partition coefficient (Wildman–Crippen LogP) is 3.77. The van der Waals surface area contributed by atoms with E-state index >= 15 is 0 Å². The summed E-state index contributed by atoms with van der Waals surface area (Å²) in [5.74, 6) is 1.04. The van der Waals surface area contributed by atoms with Crippen molar-refractivity contribution in [2.75, 3.05) is 11.9 Å². The predicted molar refractivity (Wildman–Crippen MR) is 103 cm³/mol. The van der Waals surface area contributed by atoms with E-state index in [4.69, 9.17) is 4.74 Å². The number of halogens is 1. The third-order valence-electron chi connectivity index (χ3n) is 4.79. The molecule has 1 aromatic carbocycles. The van der Waals surface area contributed by atoms with Crippen LogP contribution in [0.1, 0.15) is 37.4 Å². The summed E-state index contributed by atoms with van der Waals surface area (Å²) in [5, 5.41) is 11.0. The Balaban J connectivity index is 1.82. The normalized spacial score (nSPS) is 19.9. The number of aromatic nitrogens is 3. The van der Waals surface area contributed by atoms with Gasteiger partial charge in [-0.3, -0.25) is 0 Å². The van der Waals surface area contributed by atoms with Gasteiger partial charge in [0.15, 0.2) is 5.65 Å². The Bertz CT molecular complexity index is 999. The van der Waals surface area contributed by atoms with Crippen molar-refractivity contribution in [2.45, 2.75) is 32.4 Å². The van der Waals surface area contributed by atoms with Crippen molar-refractivity contribution in [1.29, 1.82) is 0 Å². The number of nitrogens with one attached hydrogen (secondary N) is 2. The van der Waals surface area contributed by atoms with Gasteiger partial charge in [0, 0.05) is 17.5 Å². The van der Waals surface area contributed by atoms with E-state index in [0.717, 1.165) is 23.2 Å². The molecule has 0 radical (unpaired) electrons. The third-order valence-corrected chi connectivity index (χ3v) is 4.79. The molecule has 3 aromatic rings. The van der Waals surface area contributed by atoms with Crippen LogP contribution in [0.5, 0.6) is 5.75 Å². The lowest BCUT2D eigenvalue weighted by atomic mass is 10.1. The van der Waals surface area contributed by atoms with Crippen LogP contribution >= 0.6 is 0 Å². The molecule has 1 aliphatic rings. The van der Waals surface area contributed by atoms with Crippen LogP contribution in [-0.2, 0) is 0 Å². The minimum Gasteiger partial charge on any atom is -0.488 e. The van der Waals surface area contributed by atoms with Crippen LogP contribution in [-0.4, -0.2) is 27.2 Å². The number of hydrogen-bond donors (Lipinski definition) is 2. The summed E-state index contributed by atoms with van der Waals surface area (Å²) in [5.41, 5.74) is 3.03. The molecule has 2 N–H and O–H groups in total. The zero-order valence-corrected chi connectivity index (χ0v) is 15.4. The van der Waals surface area contributed by atoms with Crippen LogP contribution in [0, 0.1) is 5.82 Å². The fourth-order valence-corrected chi connectivity index (χ4v) is 3.21. The molecule has 1 aliphatic heterocycles. The number of nitrogens with zero attached hydrogens (tertiary/aromatic N) is 3. The van der Waals surface area contributed by atoms with Crippen LogP contribution in [0.2, 0.25) is 0 Å². The van der Waals surface area contributed by atoms with Crippen molar-refractivity contribution >= 4 is 17.2 Å². The van der Waals surface area contributed by atoms with Gasteiger partial charge in [0.2, 0.25) is 0 Å². The summed E-state index contributed by atoms with van der Waals surface area (Å²) in [6.07, 6.45) is 4.30. The van der Waals surface area contributed by atoms with Crippen molar-refractivity contribution in [1.82, 2.24) is 19.9 Å². The second-order valence-electron chi connectivity index (χ2n) is 6.69. The lowest BCUT2D eigenvalue weighted by Crippen LogP contribution is -2.30. The smallest absolute Gasteiger partial charge is 0.166 e. The van der Waals surface area contributed by atoms with Crippen molar-refractivity contribution < 1.29 is 9.13 Å². The number of anilines is 1. The average Bonchev–Trinajstić information content (AvgIpc) is 3.08. The van der Waals surface area contributed by atoms with Crippen LogP contribution in [0.15, 0.2) is 43.2 Å². The molecule has 2 bridgehead atoms. The Morgan fingerprint density at radius 1 is 1.37 bits per heavy atom. The van der Waals surface area contributed by atoms with Gasteiger partial charge in [0.05, 0.1) is 24.3 Å². The molecule has 0 saturated heterocycles. The van der Waals surface area contributed by atoms with Gasteiger partial charge in [-0.25, -0.2) is 13.9 Å². The Kier molecular flexibility index (Phi) is 4.43. The van der Waals surface area contributed by atoms with Gasteiger partial charge in [-0.2, -0.15) is 5.10 Å². The van der Waals surface area contributed by atoms with Crippen molar-refractivity contribution in [3.63, 3.8) is 0 Å². The van der Waals surface area contributed by atoms with Crippen LogP contribution < -0.4 is 15.4 Å². The maximum absolute atomic E-state index is 13.9. The first-order valence-electron chi connectivity index (χ1n) is 9.05. The van der Waals surface area contributed by atoms with Crippen molar-refractivity contribution in [2.24, 2.45) is 0 Å². The number of fused-ring (bicyclic) bond motifs is 2. The molecule has 3 heterocycles. The first kappa shape index (κ1) is 17.3. The topological polar surface area (TPSA) is 63.5 Å². The second kappa shape index (κ2) is 6.90. The molecule has 2 atom stereocenters. The van der Waals surface area contributed by atoms with E-state index < -0.39 is 0 Å². The van der Waals surface area contributed by atoms with E-state index in [1.165, 1.54) is 12.1 Å². The number of hydrogen-bond acceptors (Lipinski definition) is 5. The van der Waals surface area contributed by atoms with Gasteiger partial charge >= 0.3 is 0 Å². The molecule has 6 nitrogen and oxygen atoms in total. The van der Waals surface area contributed by atoms with Gasteiger partial charge in [-0.05, 0) is 37.6 Å². The summed E-state index contributed by atoms with van der Waals surface area (Å²) in [7, 11) is 0. The summed E-state index contributed by atoms with van der Waals surface area (Å²) in [6, 6.07) is 6.27. The molecule has 0 unspecified atom stereocenters. The Hall–Kier alpha value is -3.09. The van der Waals surface area contributed by atoms with E-state index in [2.05, 4.69) is 34.2 Å². The zero-order valence-electron chi connectivity index (χ0n) is 15.4. The third kappa shape index (κ3) is 3.32. The summed E-state index contributed by atoms with van der Waals surface area (Å²) < 4.78 is 21.8. The van der Waals surface area contributed by atoms with E-state index in [9.17, 15) is 4.39 Å². The fourth-order valence-electron chi connectivity index (χ4n) is 3.21. The molecule has 27 heavy (non-hydrogen) atoms. The van der Waals surface area contributed by atoms with E-state index in [1.807, 2.05) is 19.2 Å². The largest absolute Gasteiger partial charge is 0.488 e. The zero-order chi connectivity index (χ0) is 19.0.